The molecule has 1 nitrogen and oxygen atoms in total. The van der Waals surface area contributed by atoms with Gasteiger partial charge in [-0.1, -0.05) is 77.6 Å². The smallest absolute Gasteiger partial charge is 0.0366 e. The number of rotatable bonds is 6. The first-order chi connectivity index (χ1) is 15.3. The molecule has 1 aliphatic carbocycles. The Labute approximate surface area is 196 Å². The van der Waals surface area contributed by atoms with Crippen molar-refractivity contribution in [1.82, 2.24) is 4.90 Å². The van der Waals surface area contributed by atoms with Crippen molar-refractivity contribution < 1.29 is 0 Å². The lowest BCUT2D eigenvalue weighted by Crippen LogP contribution is -2.43. The molecule has 0 amide bonds. The van der Waals surface area contributed by atoms with E-state index in [9.17, 15) is 0 Å². The topological polar surface area (TPSA) is 3.24 Å². The Morgan fingerprint density at radius 2 is 1.75 bits per heavy atom. The van der Waals surface area contributed by atoms with E-state index in [0.717, 1.165) is 19.5 Å². The summed E-state index contributed by atoms with van der Waals surface area (Å²) in [7, 11) is 0. The summed E-state index contributed by atoms with van der Waals surface area (Å²) >= 11 is 0. The zero-order valence-corrected chi connectivity index (χ0v) is 21.1. The molecule has 1 spiro atoms. The van der Waals surface area contributed by atoms with Crippen LogP contribution in [0.25, 0.3) is 5.70 Å². The van der Waals surface area contributed by atoms with E-state index >= 15 is 0 Å². The second-order valence-corrected chi connectivity index (χ2v) is 11.3. The third-order valence-electron chi connectivity index (χ3n) is 8.23. The number of nitrogens with zero attached hydrogens (tertiary/aromatic N) is 1. The van der Waals surface area contributed by atoms with Gasteiger partial charge in [0.2, 0.25) is 0 Å². The minimum Gasteiger partial charge on any atom is -0.371 e. The van der Waals surface area contributed by atoms with Crippen LogP contribution in [0.4, 0.5) is 0 Å². The molecule has 32 heavy (non-hydrogen) atoms. The molecule has 2 aromatic rings. The van der Waals surface area contributed by atoms with Crippen LogP contribution in [0.15, 0.2) is 49.0 Å². The fourth-order valence-corrected chi connectivity index (χ4v) is 6.29. The van der Waals surface area contributed by atoms with Gasteiger partial charge in [-0.2, -0.15) is 0 Å². The molecular weight excluding hydrogens is 386 g/mol. The van der Waals surface area contributed by atoms with Gasteiger partial charge < -0.3 is 4.90 Å². The van der Waals surface area contributed by atoms with Crippen molar-refractivity contribution in [1.29, 1.82) is 0 Å². The Bertz CT molecular complexity index is 943. The quantitative estimate of drug-likeness (QED) is 0.451. The second kappa shape index (κ2) is 9.46. The summed E-state index contributed by atoms with van der Waals surface area (Å²) < 4.78 is 0. The molecule has 1 heterocycles. The lowest BCUT2D eigenvalue weighted by Gasteiger charge is -2.49. The van der Waals surface area contributed by atoms with E-state index in [1.165, 1.54) is 54.5 Å². The minimum absolute atomic E-state index is 0.468. The highest BCUT2D eigenvalue weighted by molar-refractivity contribution is 5.63. The predicted molar refractivity (Wildman–Crippen MR) is 139 cm³/mol. The Kier molecular flexibility index (Phi) is 6.84. The summed E-state index contributed by atoms with van der Waals surface area (Å²) in [5, 5.41) is 0. The summed E-state index contributed by atoms with van der Waals surface area (Å²) in [6.07, 6.45) is 7.46. The van der Waals surface area contributed by atoms with E-state index in [0.29, 0.717) is 23.2 Å². The molecule has 1 atom stereocenters. The van der Waals surface area contributed by atoms with Crippen LogP contribution in [-0.2, 0) is 19.3 Å². The number of likely N-dealkylation sites (tertiary alicyclic amines) is 1. The standard InChI is InChI=1S/C31H43N/c1-7-25-19-26(12-13-27(25)18-22(2)3)24(6)32-16-14-31(15-17-32)20-28-10-8-9-11-29(28)30(21-31)23(4)5/h8-13,19,22-23,30H,6-7,14-18,20-21H2,1-5H3. The van der Waals surface area contributed by atoms with Crippen molar-refractivity contribution in [3.8, 4) is 0 Å². The molecule has 0 saturated carbocycles. The number of benzene rings is 2. The van der Waals surface area contributed by atoms with Gasteiger partial charge in [-0.25, -0.2) is 0 Å². The molecule has 1 heteroatoms. The average molecular weight is 430 g/mol. The molecular formula is C31H43N. The lowest BCUT2D eigenvalue weighted by molar-refractivity contribution is 0.103. The Morgan fingerprint density at radius 3 is 2.41 bits per heavy atom. The zero-order chi connectivity index (χ0) is 22.9. The average Bonchev–Trinajstić information content (AvgIpc) is 2.78. The number of aryl methyl sites for hydroxylation is 1. The summed E-state index contributed by atoms with van der Waals surface area (Å²) in [6, 6.07) is 16.3. The van der Waals surface area contributed by atoms with Gasteiger partial charge in [-0.05, 0) is 95.6 Å². The van der Waals surface area contributed by atoms with Crippen LogP contribution < -0.4 is 0 Å². The van der Waals surface area contributed by atoms with Crippen molar-refractivity contribution in [3.63, 3.8) is 0 Å². The lowest BCUT2D eigenvalue weighted by atomic mass is 9.60. The molecule has 0 radical (unpaired) electrons. The number of hydrogen-bond acceptors (Lipinski definition) is 1. The van der Waals surface area contributed by atoms with Crippen molar-refractivity contribution in [3.05, 3.63) is 76.9 Å². The fourth-order valence-electron chi connectivity index (χ4n) is 6.29. The SMILES string of the molecule is C=C(c1ccc(CC(C)C)c(CC)c1)N1CCC2(CC1)Cc1ccccc1C(C(C)C)C2. The maximum Gasteiger partial charge on any atom is 0.0366 e. The highest BCUT2D eigenvalue weighted by atomic mass is 15.1. The molecule has 4 rings (SSSR count). The molecule has 1 fully saturated rings. The summed E-state index contributed by atoms with van der Waals surface area (Å²) in [5.41, 5.74) is 9.25. The third kappa shape index (κ3) is 4.68. The van der Waals surface area contributed by atoms with E-state index in [1.54, 1.807) is 11.1 Å². The van der Waals surface area contributed by atoms with Crippen molar-refractivity contribution in [2.75, 3.05) is 13.1 Å². The molecule has 1 saturated heterocycles. The summed E-state index contributed by atoms with van der Waals surface area (Å²) in [5.74, 6) is 2.11. The summed E-state index contributed by atoms with van der Waals surface area (Å²) in [6.45, 7) is 18.5. The summed E-state index contributed by atoms with van der Waals surface area (Å²) in [4.78, 5) is 2.56. The number of piperidine rings is 1. The fraction of sp³-hybridized carbons (Fsp3) is 0.548. The molecule has 0 aromatic heterocycles. The van der Waals surface area contributed by atoms with Crippen LogP contribution in [0.1, 0.15) is 87.6 Å². The van der Waals surface area contributed by atoms with E-state index in [1.807, 2.05) is 0 Å². The van der Waals surface area contributed by atoms with Gasteiger partial charge in [0.25, 0.3) is 0 Å². The minimum atomic E-state index is 0.468. The van der Waals surface area contributed by atoms with Gasteiger partial charge in [-0.15, -0.1) is 0 Å². The van der Waals surface area contributed by atoms with E-state index < -0.39 is 0 Å². The Morgan fingerprint density at radius 1 is 1.03 bits per heavy atom. The molecule has 0 bridgehead atoms. The van der Waals surface area contributed by atoms with Gasteiger partial charge in [0.05, 0.1) is 0 Å². The molecule has 1 unspecified atom stereocenters. The molecule has 1 aliphatic heterocycles. The first kappa shape index (κ1) is 23.1. The van der Waals surface area contributed by atoms with Crippen LogP contribution in [-0.4, -0.2) is 18.0 Å². The van der Waals surface area contributed by atoms with Gasteiger partial charge in [0.1, 0.15) is 0 Å². The highest BCUT2D eigenvalue weighted by Crippen LogP contribution is 2.51. The monoisotopic (exact) mass is 429 g/mol. The Hall–Kier alpha value is -2.02. The molecule has 0 N–H and O–H groups in total. The van der Waals surface area contributed by atoms with Crippen LogP contribution in [0.5, 0.6) is 0 Å². The molecule has 2 aromatic carbocycles. The van der Waals surface area contributed by atoms with Gasteiger partial charge >= 0.3 is 0 Å². The number of fused-ring (bicyclic) bond motifs is 1. The van der Waals surface area contributed by atoms with Gasteiger partial charge in [0, 0.05) is 18.8 Å². The number of hydrogen-bond donors (Lipinski definition) is 0. The maximum atomic E-state index is 4.55. The van der Waals surface area contributed by atoms with Crippen molar-refractivity contribution >= 4 is 5.70 Å². The first-order valence-corrected chi connectivity index (χ1v) is 13.0. The van der Waals surface area contributed by atoms with E-state index in [2.05, 4.69) is 88.6 Å². The third-order valence-corrected chi connectivity index (χ3v) is 8.23. The highest BCUT2D eigenvalue weighted by Gasteiger charge is 2.42. The first-order valence-electron chi connectivity index (χ1n) is 13.0. The van der Waals surface area contributed by atoms with Gasteiger partial charge in [-0.3, -0.25) is 0 Å². The van der Waals surface area contributed by atoms with Gasteiger partial charge in [0.15, 0.2) is 0 Å². The second-order valence-electron chi connectivity index (χ2n) is 11.3. The normalized spacial score (nSPS) is 20.1. The van der Waals surface area contributed by atoms with Crippen LogP contribution >= 0.6 is 0 Å². The molecule has 2 aliphatic rings. The van der Waals surface area contributed by atoms with E-state index in [4.69, 9.17) is 0 Å². The largest absolute Gasteiger partial charge is 0.371 e. The van der Waals surface area contributed by atoms with Crippen molar-refractivity contribution in [2.45, 2.75) is 79.1 Å². The van der Waals surface area contributed by atoms with Crippen molar-refractivity contribution in [2.24, 2.45) is 17.3 Å². The molecule has 172 valence electrons. The van der Waals surface area contributed by atoms with Crippen LogP contribution in [0.3, 0.4) is 0 Å². The maximum absolute atomic E-state index is 4.55. The predicted octanol–water partition coefficient (Wildman–Crippen LogP) is 7.89. The van der Waals surface area contributed by atoms with E-state index in [-0.39, 0.29) is 0 Å². The Balaban J connectivity index is 1.47. The van der Waals surface area contributed by atoms with Crippen LogP contribution in [0, 0.1) is 17.3 Å². The van der Waals surface area contributed by atoms with Crippen LogP contribution in [0.2, 0.25) is 0 Å². The zero-order valence-electron chi connectivity index (χ0n) is 21.1.